The summed E-state index contributed by atoms with van der Waals surface area (Å²) in [5.74, 6) is 0. The Morgan fingerprint density at radius 3 is 2.35 bits per heavy atom. The molecule has 1 fully saturated rings. The first-order valence-corrected chi connectivity index (χ1v) is 8.94. The minimum absolute atomic E-state index is 0.278. The maximum absolute atomic E-state index is 3.80. The van der Waals surface area contributed by atoms with Crippen LogP contribution < -0.4 is 5.32 Å². The Kier molecular flexibility index (Phi) is 5.65. The summed E-state index contributed by atoms with van der Waals surface area (Å²) in [6.07, 6.45) is 8.15. The highest BCUT2D eigenvalue weighted by Crippen LogP contribution is 2.42. The molecule has 1 aromatic rings. The van der Waals surface area contributed by atoms with Crippen molar-refractivity contribution in [1.82, 2.24) is 10.2 Å². The number of hydrogen-bond acceptors (Lipinski definition) is 3. The molecule has 114 valence electrons. The third-order valence-corrected chi connectivity index (χ3v) is 5.77. The minimum atomic E-state index is 0.278. The summed E-state index contributed by atoms with van der Waals surface area (Å²) in [6.45, 7) is 5.48. The summed E-state index contributed by atoms with van der Waals surface area (Å²) in [4.78, 5) is 3.92. The molecular formula is C17H30N2S. The van der Waals surface area contributed by atoms with Crippen molar-refractivity contribution in [2.45, 2.75) is 64.0 Å². The van der Waals surface area contributed by atoms with Crippen LogP contribution in [0.5, 0.6) is 0 Å². The fraction of sp³-hybridized carbons (Fsp3) is 0.765. The zero-order chi connectivity index (χ0) is 14.6. The van der Waals surface area contributed by atoms with E-state index in [2.05, 4.69) is 49.6 Å². The van der Waals surface area contributed by atoms with Crippen molar-refractivity contribution in [2.75, 3.05) is 20.6 Å². The zero-order valence-corrected chi connectivity index (χ0v) is 14.4. The van der Waals surface area contributed by atoms with E-state index in [0.29, 0.717) is 6.04 Å². The predicted octanol–water partition coefficient (Wildman–Crippen LogP) is 4.36. The van der Waals surface area contributed by atoms with Gasteiger partial charge in [0.25, 0.3) is 0 Å². The van der Waals surface area contributed by atoms with Crippen LogP contribution in [0, 0.1) is 6.92 Å². The van der Waals surface area contributed by atoms with Gasteiger partial charge < -0.3 is 10.2 Å². The van der Waals surface area contributed by atoms with Crippen LogP contribution in [0.25, 0.3) is 0 Å². The molecule has 20 heavy (non-hydrogen) atoms. The lowest BCUT2D eigenvalue weighted by Crippen LogP contribution is -2.53. The Bertz CT molecular complexity index is 403. The standard InChI is InChI=1S/C17H30N2S/c1-5-18-16(15-12-14(2)20-13-15)17(19(3)4)10-8-6-7-9-11-17/h12-13,16,18H,5-11H2,1-4H3. The Morgan fingerprint density at radius 1 is 1.25 bits per heavy atom. The molecule has 0 aliphatic heterocycles. The molecule has 3 heteroatoms. The fourth-order valence-corrected chi connectivity index (χ4v) is 4.50. The van der Waals surface area contributed by atoms with Crippen LogP contribution in [0.4, 0.5) is 0 Å². The third kappa shape index (κ3) is 3.26. The van der Waals surface area contributed by atoms with Gasteiger partial charge in [0.05, 0.1) is 6.04 Å². The second-order valence-electron chi connectivity index (χ2n) is 6.39. The first kappa shape index (κ1) is 16.0. The van der Waals surface area contributed by atoms with Crippen molar-refractivity contribution in [3.8, 4) is 0 Å². The Labute approximate surface area is 128 Å². The molecule has 0 radical (unpaired) electrons. The van der Waals surface area contributed by atoms with Gasteiger partial charge in [-0.15, -0.1) is 11.3 Å². The number of nitrogens with zero attached hydrogens (tertiary/aromatic N) is 1. The van der Waals surface area contributed by atoms with Crippen LogP contribution in [-0.2, 0) is 0 Å². The summed E-state index contributed by atoms with van der Waals surface area (Å²) < 4.78 is 0. The Hall–Kier alpha value is -0.380. The summed E-state index contributed by atoms with van der Waals surface area (Å²) in [5, 5.41) is 6.16. The molecule has 0 amide bonds. The molecule has 0 aromatic carbocycles. The minimum Gasteiger partial charge on any atom is -0.309 e. The number of hydrogen-bond donors (Lipinski definition) is 1. The second-order valence-corrected chi connectivity index (χ2v) is 7.51. The molecule has 1 aliphatic carbocycles. The van der Waals surface area contributed by atoms with Crippen molar-refractivity contribution in [1.29, 1.82) is 0 Å². The van der Waals surface area contributed by atoms with Crippen molar-refractivity contribution < 1.29 is 0 Å². The van der Waals surface area contributed by atoms with Gasteiger partial charge >= 0.3 is 0 Å². The maximum Gasteiger partial charge on any atom is 0.0515 e. The van der Waals surface area contributed by atoms with E-state index < -0.39 is 0 Å². The van der Waals surface area contributed by atoms with Crippen LogP contribution in [0.2, 0.25) is 0 Å². The first-order chi connectivity index (χ1) is 9.60. The normalized spacial score (nSPS) is 20.9. The highest BCUT2D eigenvalue weighted by molar-refractivity contribution is 7.10. The Morgan fingerprint density at radius 2 is 1.90 bits per heavy atom. The summed E-state index contributed by atoms with van der Waals surface area (Å²) in [6, 6.07) is 2.85. The zero-order valence-electron chi connectivity index (χ0n) is 13.5. The van der Waals surface area contributed by atoms with Gasteiger partial charge in [-0.3, -0.25) is 0 Å². The van der Waals surface area contributed by atoms with Crippen molar-refractivity contribution in [3.63, 3.8) is 0 Å². The molecule has 1 aromatic heterocycles. The van der Waals surface area contributed by atoms with E-state index in [-0.39, 0.29) is 5.54 Å². The number of likely N-dealkylation sites (N-methyl/N-ethyl adjacent to an activating group) is 2. The molecule has 1 N–H and O–H groups in total. The molecule has 1 atom stereocenters. The van der Waals surface area contributed by atoms with Crippen LogP contribution in [0.1, 0.15) is 61.9 Å². The van der Waals surface area contributed by atoms with E-state index >= 15 is 0 Å². The number of thiophene rings is 1. The quantitative estimate of drug-likeness (QED) is 0.812. The van der Waals surface area contributed by atoms with Crippen molar-refractivity contribution in [2.24, 2.45) is 0 Å². The molecule has 2 nitrogen and oxygen atoms in total. The lowest BCUT2D eigenvalue weighted by Gasteiger charge is -2.46. The van der Waals surface area contributed by atoms with Crippen molar-refractivity contribution >= 4 is 11.3 Å². The number of aryl methyl sites for hydroxylation is 1. The van der Waals surface area contributed by atoms with E-state index in [0.717, 1.165) is 6.54 Å². The van der Waals surface area contributed by atoms with Gasteiger partial charge in [0.2, 0.25) is 0 Å². The molecule has 0 bridgehead atoms. The van der Waals surface area contributed by atoms with E-state index in [9.17, 15) is 0 Å². The van der Waals surface area contributed by atoms with Crippen LogP contribution in [0.15, 0.2) is 11.4 Å². The second kappa shape index (κ2) is 7.06. The van der Waals surface area contributed by atoms with Crippen LogP contribution in [-0.4, -0.2) is 31.1 Å². The average molecular weight is 295 g/mol. The average Bonchev–Trinajstić information content (AvgIpc) is 2.70. The molecule has 0 saturated heterocycles. The summed E-state index contributed by atoms with van der Waals surface area (Å²) >= 11 is 1.88. The molecule has 2 rings (SSSR count). The van der Waals surface area contributed by atoms with Gasteiger partial charge in [0, 0.05) is 10.4 Å². The topological polar surface area (TPSA) is 15.3 Å². The van der Waals surface area contributed by atoms with Gasteiger partial charge in [-0.25, -0.2) is 0 Å². The van der Waals surface area contributed by atoms with Gasteiger partial charge in [0.15, 0.2) is 0 Å². The number of nitrogens with one attached hydrogen (secondary N) is 1. The SMILES string of the molecule is CCNC(c1csc(C)c1)C1(N(C)C)CCCCCC1. The molecule has 1 saturated carbocycles. The Balaban J connectivity index is 2.35. The maximum atomic E-state index is 3.80. The van der Waals surface area contributed by atoms with Crippen LogP contribution >= 0.6 is 11.3 Å². The van der Waals surface area contributed by atoms with E-state index in [1.807, 2.05) is 11.3 Å². The molecular weight excluding hydrogens is 264 g/mol. The largest absolute Gasteiger partial charge is 0.309 e. The van der Waals surface area contributed by atoms with Gasteiger partial charge in [-0.2, -0.15) is 0 Å². The summed E-state index contributed by atoms with van der Waals surface area (Å²) in [5.41, 5.74) is 1.77. The molecule has 1 unspecified atom stereocenters. The highest BCUT2D eigenvalue weighted by atomic mass is 32.1. The molecule has 1 heterocycles. The van der Waals surface area contributed by atoms with E-state index in [1.54, 1.807) is 0 Å². The molecule has 1 aliphatic rings. The van der Waals surface area contributed by atoms with Crippen molar-refractivity contribution in [3.05, 3.63) is 21.9 Å². The van der Waals surface area contributed by atoms with Crippen LogP contribution in [0.3, 0.4) is 0 Å². The summed E-state index contributed by atoms with van der Waals surface area (Å²) in [7, 11) is 4.55. The highest BCUT2D eigenvalue weighted by Gasteiger charge is 2.41. The monoisotopic (exact) mass is 294 g/mol. The fourth-order valence-electron chi connectivity index (χ4n) is 3.77. The smallest absolute Gasteiger partial charge is 0.0515 e. The number of rotatable bonds is 5. The molecule has 0 spiro atoms. The van der Waals surface area contributed by atoms with E-state index in [1.165, 1.54) is 49.0 Å². The third-order valence-electron chi connectivity index (χ3n) is 4.89. The lowest BCUT2D eigenvalue weighted by atomic mass is 9.78. The van der Waals surface area contributed by atoms with Gasteiger partial charge in [-0.1, -0.05) is 32.6 Å². The predicted molar refractivity (Wildman–Crippen MR) is 89.6 cm³/mol. The lowest BCUT2D eigenvalue weighted by molar-refractivity contribution is 0.0808. The van der Waals surface area contributed by atoms with Gasteiger partial charge in [0.1, 0.15) is 0 Å². The first-order valence-electron chi connectivity index (χ1n) is 8.06. The van der Waals surface area contributed by atoms with Gasteiger partial charge in [-0.05, 0) is 57.4 Å². The van der Waals surface area contributed by atoms with E-state index in [4.69, 9.17) is 0 Å².